The number of fused-ring (bicyclic) bond motifs is 2. The van der Waals surface area contributed by atoms with Crippen molar-refractivity contribution in [2.45, 2.75) is 13.8 Å². The van der Waals surface area contributed by atoms with Gasteiger partial charge in [0.25, 0.3) is 11.8 Å². The highest BCUT2D eigenvalue weighted by Gasteiger charge is 2.37. The van der Waals surface area contributed by atoms with Crippen molar-refractivity contribution >= 4 is 56.8 Å². The van der Waals surface area contributed by atoms with Gasteiger partial charge in [0.2, 0.25) is 5.91 Å². The molecule has 0 bridgehead atoms. The molecule has 0 spiro atoms. The first kappa shape index (κ1) is 24.8. The topological polar surface area (TPSA) is 73.8 Å². The minimum Gasteiger partial charge on any atom is -0.302 e. The van der Waals surface area contributed by atoms with E-state index in [1.807, 2.05) is 13.8 Å². The van der Waals surface area contributed by atoms with Crippen LogP contribution in [-0.2, 0) is 4.79 Å². The van der Waals surface area contributed by atoms with Crippen LogP contribution >= 0.6 is 23.7 Å². The number of thiazole rings is 1. The fourth-order valence-corrected chi connectivity index (χ4v) is 4.75. The van der Waals surface area contributed by atoms with Crippen molar-refractivity contribution in [1.29, 1.82) is 0 Å². The molecular weight excluding hydrogens is 467 g/mol. The van der Waals surface area contributed by atoms with Gasteiger partial charge in [-0.05, 0) is 37.4 Å². The lowest BCUT2D eigenvalue weighted by Crippen LogP contribution is -2.45. The number of hydrogen-bond donors (Lipinski definition) is 0. The number of hydrogen-bond acceptors (Lipinski definition) is 6. The molecule has 1 aromatic heterocycles. The number of anilines is 1. The van der Waals surface area contributed by atoms with Crippen LogP contribution in [0.5, 0.6) is 0 Å². The normalized spacial score (nSPS) is 12.9. The number of carbonyl (C=O) groups excluding carboxylic acids is 3. The zero-order valence-corrected chi connectivity index (χ0v) is 19.9. The van der Waals surface area contributed by atoms with Gasteiger partial charge in [-0.1, -0.05) is 43.4 Å². The number of likely N-dealkylation sites (N-methyl/N-ethyl adjacent to an activating group) is 1. The van der Waals surface area contributed by atoms with Crippen molar-refractivity contribution in [2.75, 3.05) is 37.6 Å². The van der Waals surface area contributed by atoms with Gasteiger partial charge in [0.1, 0.15) is 17.9 Å². The SMILES string of the molecule is CCN(CC)CCN(C(=O)CN1C(=O)c2ccccc2C1=O)c1nc2c(F)cccc2s1.Cl. The second-order valence-electron chi connectivity index (χ2n) is 7.40. The van der Waals surface area contributed by atoms with Crippen molar-refractivity contribution in [1.82, 2.24) is 14.8 Å². The van der Waals surface area contributed by atoms with Crippen molar-refractivity contribution in [3.63, 3.8) is 0 Å². The standard InChI is InChI=1S/C23H23FN4O3S.ClH/c1-3-26(4-2)12-13-27(23-25-20-17(24)10-7-11-18(20)32-23)19(29)14-28-21(30)15-8-5-6-9-16(15)22(28)31;/h5-11H,3-4,12-14H2,1-2H3;1H. The summed E-state index contributed by atoms with van der Waals surface area (Å²) in [6, 6.07) is 11.2. The Bertz CT molecular complexity index is 1160. The summed E-state index contributed by atoms with van der Waals surface area (Å²) in [7, 11) is 0. The summed E-state index contributed by atoms with van der Waals surface area (Å²) in [4.78, 5) is 47.7. The van der Waals surface area contributed by atoms with Gasteiger partial charge in [-0.25, -0.2) is 9.37 Å². The Balaban J connectivity index is 0.00000306. The number of carbonyl (C=O) groups is 3. The molecule has 2 aromatic carbocycles. The first-order valence-corrected chi connectivity index (χ1v) is 11.3. The summed E-state index contributed by atoms with van der Waals surface area (Å²) in [6.45, 7) is 6.17. The van der Waals surface area contributed by atoms with E-state index in [1.54, 1.807) is 36.4 Å². The third-order valence-corrected chi connectivity index (χ3v) is 6.64. The molecule has 10 heteroatoms. The first-order valence-electron chi connectivity index (χ1n) is 10.5. The van der Waals surface area contributed by atoms with Crippen molar-refractivity contribution in [3.05, 3.63) is 59.4 Å². The Morgan fingerprint density at radius 1 is 1.00 bits per heavy atom. The molecule has 0 atom stereocenters. The number of nitrogens with zero attached hydrogens (tertiary/aromatic N) is 4. The maximum atomic E-state index is 14.2. The summed E-state index contributed by atoms with van der Waals surface area (Å²) >= 11 is 1.21. The third-order valence-electron chi connectivity index (χ3n) is 5.60. The van der Waals surface area contributed by atoms with Crippen LogP contribution in [-0.4, -0.2) is 65.2 Å². The minimum atomic E-state index is -0.488. The number of halogens is 2. The largest absolute Gasteiger partial charge is 0.302 e. The molecule has 1 aliphatic rings. The highest BCUT2D eigenvalue weighted by Crippen LogP contribution is 2.31. The Labute approximate surface area is 201 Å². The molecule has 33 heavy (non-hydrogen) atoms. The third kappa shape index (κ3) is 4.75. The Hall–Kier alpha value is -2.88. The summed E-state index contributed by atoms with van der Waals surface area (Å²) in [6.07, 6.45) is 0. The predicted octanol–water partition coefficient (Wildman–Crippen LogP) is 3.83. The second kappa shape index (κ2) is 10.4. The smallest absolute Gasteiger partial charge is 0.262 e. The summed E-state index contributed by atoms with van der Waals surface area (Å²) in [5.74, 6) is -1.87. The van der Waals surface area contributed by atoms with Gasteiger partial charge in [0.15, 0.2) is 5.13 Å². The number of benzene rings is 2. The zero-order chi connectivity index (χ0) is 22.8. The molecular formula is C23H24ClFN4O3S. The lowest BCUT2D eigenvalue weighted by molar-refractivity contribution is -0.119. The van der Waals surface area contributed by atoms with E-state index in [0.717, 1.165) is 18.0 Å². The van der Waals surface area contributed by atoms with E-state index >= 15 is 0 Å². The first-order chi connectivity index (χ1) is 15.4. The maximum absolute atomic E-state index is 14.2. The van der Waals surface area contributed by atoms with Crippen LogP contribution in [0.1, 0.15) is 34.6 Å². The van der Waals surface area contributed by atoms with Gasteiger partial charge < -0.3 is 4.90 Å². The fraction of sp³-hybridized carbons (Fsp3) is 0.304. The molecule has 0 unspecified atom stereocenters. The van der Waals surface area contributed by atoms with Crippen LogP contribution in [0.2, 0.25) is 0 Å². The monoisotopic (exact) mass is 490 g/mol. The molecule has 0 saturated heterocycles. The number of aromatic nitrogens is 1. The van der Waals surface area contributed by atoms with Crippen molar-refractivity contribution in [3.8, 4) is 0 Å². The summed E-state index contributed by atoms with van der Waals surface area (Å²) < 4.78 is 14.8. The van der Waals surface area contributed by atoms with E-state index in [2.05, 4.69) is 9.88 Å². The van der Waals surface area contributed by atoms with E-state index in [0.29, 0.717) is 34.0 Å². The molecule has 0 N–H and O–H groups in total. The van der Waals surface area contributed by atoms with Gasteiger partial charge in [-0.2, -0.15) is 0 Å². The van der Waals surface area contributed by atoms with E-state index in [1.165, 1.54) is 22.3 Å². The number of para-hydroxylation sites is 1. The molecule has 2 heterocycles. The fourth-order valence-electron chi connectivity index (χ4n) is 3.73. The molecule has 174 valence electrons. The molecule has 0 saturated carbocycles. The Morgan fingerprint density at radius 2 is 1.64 bits per heavy atom. The van der Waals surface area contributed by atoms with Crippen molar-refractivity contribution < 1.29 is 18.8 Å². The molecule has 7 nitrogen and oxygen atoms in total. The molecule has 3 aromatic rings. The van der Waals surface area contributed by atoms with Crippen molar-refractivity contribution in [2.24, 2.45) is 0 Å². The van der Waals surface area contributed by atoms with Crippen LogP contribution < -0.4 is 4.90 Å². The molecule has 3 amide bonds. The van der Waals surface area contributed by atoms with Gasteiger partial charge in [-0.15, -0.1) is 12.4 Å². The second-order valence-corrected chi connectivity index (χ2v) is 8.41. The van der Waals surface area contributed by atoms with Crippen LogP contribution in [0.4, 0.5) is 9.52 Å². The molecule has 0 fully saturated rings. The highest BCUT2D eigenvalue weighted by molar-refractivity contribution is 7.22. The van der Waals surface area contributed by atoms with E-state index in [9.17, 15) is 18.8 Å². The molecule has 4 rings (SSSR count). The Morgan fingerprint density at radius 3 is 2.21 bits per heavy atom. The van der Waals surface area contributed by atoms with E-state index in [-0.39, 0.29) is 17.9 Å². The summed E-state index contributed by atoms with van der Waals surface area (Å²) in [5, 5.41) is 0.346. The summed E-state index contributed by atoms with van der Waals surface area (Å²) in [5.41, 5.74) is 0.790. The van der Waals surface area contributed by atoms with Gasteiger partial charge in [0, 0.05) is 13.1 Å². The average molecular weight is 491 g/mol. The average Bonchev–Trinajstić information content (AvgIpc) is 3.33. The van der Waals surface area contributed by atoms with Gasteiger partial charge >= 0.3 is 0 Å². The maximum Gasteiger partial charge on any atom is 0.262 e. The number of amides is 3. The van der Waals surface area contributed by atoms with Crippen LogP contribution in [0.15, 0.2) is 42.5 Å². The highest BCUT2D eigenvalue weighted by atomic mass is 35.5. The quantitative estimate of drug-likeness (QED) is 0.449. The lowest BCUT2D eigenvalue weighted by atomic mass is 10.1. The van der Waals surface area contributed by atoms with Crippen LogP contribution in [0.25, 0.3) is 10.2 Å². The number of rotatable bonds is 8. The molecule has 0 radical (unpaired) electrons. The Kier molecular flexibility index (Phi) is 7.78. The minimum absolute atomic E-state index is 0. The lowest BCUT2D eigenvalue weighted by Gasteiger charge is -2.26. The number of imide groups is 1. The molecule has 1 aliphatic heterocycles. The van der Waals surface area contributed by atoms with E-state index in [4.69, 9.17) is 0 Å². The van der Waals surface area contributed by atoms with Gasteiger partial charge in [0.05, 0.1) is 15.8 Å². The predicted molar refractivity (Wildman–Crippen MR) is 129 cm³/mol. The molecule has 0 aliphatic carbocycles. The van der Waals surface area contributed by atoms with Crippen LogP contribution in [0.3, 0.4) is 0 Å². The zero-order valence-electron chi connectivity index (χ0n) is 18.3. The van der Waals surface area contributed by atoms with E-state index < -0.39 is 30.1 Å². The van der Waals surface area contributed by atoms with Crippen LogP contribution in [0, 0.1) is 5.82 Å². The van der Waals surface area contributed by atoms with Gasteiger partial charge in [-0.3, -0.25) is 24.2 Å².